The largest absolute Gasteiger partial charge is 0.193 e. The number of benzene rings is 1. The van der Waals surface area contributed by atoms with E-state index in [1.165, 1.54) is 41.5 Å². The van der Waals surface area contributed by atoms with Gasteiger partial charge in [0.15, 0.2) is 0 Å². The van der Waals surface area contributed by atoms with Crippen LogP contribution in [0.1, 0.15) is 57.1 Å². The first-order valence-corrected chi connectivity index (χ1v) is 7.64. The molecule has 1 heteroatoms. The van der Waals surface area contributed by atoms with Crippen molar-refractivity contribution in [2.75, 3.05) is 0 Å². The minimum absolute atomic E-state index is 0.863. The van der Waals surface area contributed by atoms with Gasteiger partial charge in [-0.3, -0.25) is 0 Å². The fraction of sp³-hybridized carbons (Fsp3) is 0.421. The Hall–Kier alpha value is -1.81. The molecule has 0 radical (unpaired) electrons. The summed E-state index contributed by atoms with van der Waals surface area (Å²) >= 11 is 0. The molecular weight excluding hydrogens is 242 g/mol. The summed E-state index contributed by atoms with van der Waals surface area (Å²) in [6.07, 6.45) is 9.22. The third-order valence-electron chi connectivity index (χ3n) is 4.03. The zero-order chi connectivity index (χ0) is 14.4. The van der Waals surface area contributed by atoms with E-state index in [9.17, 15) is 0 Å². The normalized spacial score (nSPS) is 17.4. The van der Waals surface area contributed by atoms with Crippen molar-refractivity contribution in [2.45, 2.75) is 52.4 Å². The van der Waals surface area contributed by atoms with Crippen LogP contribution in [0, 0.1) is 11.3 Å². The second kappa shape index (κ2) is 7.10. The lowest BCUT2D eigenvalue weighted by Crippen LogP contribution is -1.97. The van der Waals surface area contributed by atoms with Gasteiger partial charge in [0.1, 0.15) is 0 Å². The van der Waals surface area contributed by atoms with Gasteiger partial charge in [0, 0.05) is 5.57 Å². The monoisotopic (exact) mass is 265 g/mol. The number of hydrogen-bond acceptors (Lipinski definition) is 1. The first-order chi connectivity index (χ1) is 9.74. The molecule has 0 fully saturated rings. The van der Waals surface area contributed by atoms with Crippen molar-refractivity contribution in [1.29, 1.82) is 5.26 Å². The molecular formula is C19H23N. The quantitative estimate of drug-likeness (QED) is 0.665. The Morgan fingerprint density at radius 3 is 2.60 bits per heavy atom. The Labute approximate surface area is 122 Å². The lowest BCUT2D eigenvalue weighted by molar-refractivity contribution is 0.795. The predicted octanol–water partition coefficient (Wildman–Crippen LogP) is 5.44. The molecule has 0 aromatic heterocycles. The average molecular weight is 265 g/mol. The molecule has 0 unspecified atom stereocenters. The number of aryl methyl sites for hydroxylation is 1. The molecule has 0 atom stereocenters. The number of nitrogens with zero attached hydrogens (tertiary/aromatic N) is 1. The van der Waals surface area contributed by atoms with E-state index in [1.807, 2.05) is 6.92 Å². The fourth-order valence-electron chi connectivity index (χ4n) is 2.69. The SMILES string of the molecule is CCCCc1ccc(C2=C/C(=C(/C)C#N)CCC2)cc1. The molecule has 20 heavy (non-hydrogen) atoms. The van der Waals surface area contributed by atoms with E-state index in [2.05, 4.69) is 43.3 Å². The summed E-state index contributed by atoms with van der Waals surface area (Å²) < 4.78 is 0. The van der Waals surface area contributed by atoms with E-state index in [0.717, 1.165) is 24.8 Å². The lowest BCUT2D eigenvalue weighted by atomic mass is 9.88. The minimum Gasteiger partial charge on any atom is -0.193 e. The zero-order valence-corrected chi connectivity index (χ0v) is 12.6. The first kappa shape index (κ1) is 14.6. The van der Waals surface area contributed by atoms with Crippen LogP contribution in [0.4, 0.5) is 0 Å². The van der Waals surface area contributed by atoms with Crippen molar-refractivity contribution in [3.8, 4) is 6.07 Å². The topological polar surface area (TPSA) is 23.8 Å². The van der Waals surface area contributed by atoms with Crippen LogP contribution in [0.2, 0.25) is 0 Å². The maximum atomic E-state index is 9.03. The molecule has 0 saturated carbocycles. The van der Waals surface area contributed by atoms with Gasteiger partial charge in [-0.2, -0.15) is 5.26 Å². The molecule has 1 aromatic carbocycles. The molecule has 0 aliphatic heterocycles. The highest BCUT2D eigenvalue weighted by Gasteiger charge is 2.11. The summed E-state index contributed by atoms with van der Waals surface area (Å²) in [5, 5.41) is 9.03. The van der Waals surface area contributed by atoms with Gasteiger partial charge in [0.2, 0.25) is 0 Å². The highest BCUT2D eigenvalue weighted by Crippen LogP contribution is 2.31. The van der Waals surface area contributed by atoms with Gasteiger partial charge >= 0.3 is 0 Å². The molecule has 0 N–H and O–H groups in total. The molecule has 0 spiro atoms. The van der Waals surface area contributed by atoms with Gasteiger partial charge < -0.3 is 0 Å². The maximum Gasteiger partial charge on any atom is 0.0946 e. The van der Waals surface area contributed by atoms with Gasteiger partial charge in [0.25, 0.3) is 0 Å². The number of allylic oxidation sites excluding steroid dienone is 4. The van der Waals surface area contributed by atoms with Crippen LogP contribution >= 0.6 is 0 Å². The van der Waals surface area contributed by atoms with E-state index in [0.29, 0.717) is 0 Å². The summed E-state index contributed by atoms with van der Waals surface area (Å²) in [4.78, 5) is 0. The van der Waals surface area contributed by atoms with Crippen molar-refractivity contribution >= 4 is 5.57 Å². The second-order valence-electron chi connectivity index (χ2n) is 5.59. The smallest absolute Gasteiger partial charge is 0.0946 e. The van der Waals surface area contributed by atoms with Crippen LogP contribution in [0.15, 0.2) is 41.5 Å². The van der Waals surface area contributed by atoms with Crippen molar-refractivity contribution in [2.24, 2.45) is 0 Å². The summed E-state index contributed by atoms with van der Waals surface area (Å²) in [6.45, 7) is 4.15. The van der Waals surface area contributed by atoms with Gasteiger partial charge in [-0.05, 0) is 61.3 Å². The molecule has 2 rings (SSSR count). The first-order valence-electron chi connectivity index (χ1n) is 7.64. The van der Waals surface area contributed by atoms with E-state index in [-0.39, 0.29) is 0 Å². The van der Waals surface area contributed by atoms with Crippen LogP contribution < -0.4 is 0 Å². The molecule has 1 aliphatic rings. The third kappa shape index (κ3) is 3.61. The Morgan fingerprint density at radius 1 is 1.20 bits per heavy atom. The van der Waals surface area contributed by atoms with Gasteiger partial charge in [0.05, 0.1) is 6.07 Å². The van der Waals surface area contributed by atoms with Crippen LogP contribution in [0.3, 0.4) is 0 Å². The fourth-order valence-corrected chi connectivity index (χ4v) is 2.69. The number of hydrogen-bond donors (Lipinski definition) is 0. The summed E-state index contributed by atoms with van der Waals surface area (Å²) in [6, 6.07) is 11.3. The van der Waals surface area contributed by atoms with E-state index in [1.54, 1.807) is 0 Å². The highest BCUT2D eigenvalue weighted by molar-refractivity contribution is 5.70. The highest BCUT2D eigenvalue weighted by atomic mass is 14.2. The van der Waals surface area contributed by atoms with Crippen LogP contribution in [-0.4, -0.2) is 0 Å². The Morgan fingerprint density at radius 2 is 1.95 bits per heavy atom. The van der Waals surface area contributed by atoms with Crippen molar-refractivity contribution in [1.82, 2.24) is 0 Å². The van der Waals surface area contributed by atoms with Crippen LogP contribution in [-0.2, 0) is 6.42 Å². The minimum atomic E-state index is 0.863. The van der Waals surface area contributed by atoms with Crippen molar-refractivity contribution in [3.63, 3.8) is 0 Å². The summed E-state index contributed by atoms with van der Waals surface area (Å²) in [5.41, 5.74) is 6.19. The average Bonchev–Trinajstić information content (AvgIpc) is 2.52. The van der Waals surface area contributed by atoms with E-state index < -0.39 is 0 Å². The van der Waals surface area contributed by atoms with E-state index in [4.69, 9.17) is 5.26 Å². The van der Waals surface area contributed by atoms with Crippen molar-refractivity contribution < 1.29 is 0 Å². The number of nitriles is 1. The second-order valence-corrected chi connectivity index (χ2v) is 5.59. The third-order valence-corrected chi connectivity index (χ3v) is 4.03. The van der Waals surface area contributed by atoms with Crippen LogP contribution in [0.25, 0.3) is 5.57 Å². The molecule has 1 aliphatic carbocycles. The molecule has 1 nitrogen and oxygen atoms in total. The lowest BCUT2D eigenvalue weighted by Gasteiger charge is -2.16. The van der Waals surface area contributed by atoms with Crippen molar-refractivity contribution in [3.05, 3.63) is 52.6 Å². The van der Waals surface area contributed by atoms with Crippen LogP contribution in [0.5, 0.6) is 0 Å². The Bertz CT molecular complexity index is 552. The predicted molar refractivity (Wildman–Crippen MR) is 85.2 cm³/mol. The number of unbranched alkanes of at least 4 members (excludes halogenated alkanes) is 1. The Balaban J connectivity index is 2.19. The van der Waals surface area contributed by atoms with Gasteiger partial charge in [-0.25, -0.2) is 0 Å². The maximum absolute atomic E-state index is 9.03. The molecule has 1 aromatic rings. The molecule has 104 valence electrons. The van der Waals surface area contributed by atoms with Gasteiger partial charge in [-0.15, -0.1) is 0 Å². The standard InChI is InChI=1S/C19H23N/c1-3-4-6-16-9-11-17(12-10-16)19-8-5-7-18(13-19)15(2)14-20/h9-13H,3-8H2,1-2H3/b18-15-. The molecule has 0 saturated heterocycles. The summed E-state index contributed by atoms with van der Waals surface area (Å²) in [7, 11) is 0. The summed E-state index contributed by atoms with van der Waals surface area (Å²) in [5.74, 6) is 0. The zero-order valence-electron chi connectivity index (χ0n) is 12.6. The van der Waals surface area contributed by atoms with E-state index >= 15 is 0 Å². The molecule has 0 heterocycles. The molecule has 0 bridgehead atoms. The Kier molecular flexibility index (Phi) is 5.18. The molecule has 0 amide bonds. The number of rotatable bonds is 4. The van der Waals surface area contributed by atoms with Gasteiger partial charge in [-0.1, -0.05) is 43.7 Å².